The summed E-state index contributed by atoms with van der Waals surface area (Å²) < 4.78 is 11.1. The maximum absolute atomic E-state index is 12.6. The van der Waals surface area contributed by atoms with Gasteiger partial charge in [-0.25, -0.2) is 4.79 Å². The highest BCUT2D eigenvalue weighted by atomic mass is 16.6. The van der Waals surface area contributed by atoms with Crippen LogP contribution in [0.15, 0.2) is 88.5 Å². The number of ether oxygens (including phenoxy) is 1. The summed E-state index contributed by atoms with van der Waals surface area (Å²) in [5.41, 5.74) is 11.4. The molecule has 3 aromatic carbocycles. The zero-order valence-electron chi connectivity index (χ0n) is 20.6. The molecule has 0 spiro atoms. The number of aryl methyl sites for hydroxylation is 1. The van der Waals surface area contributed by atoms with Crippen LogP contribution < -0.4 is 11.1 Å². The first-order chi connectivity index (χ1) is 17.9. The lowest BCUT2D eigenvalue weighted by Crippen LogP contribution is -2.28. The fourth-order valence-electron chi connectivity index (χ4n) is 4.51. The van der Waals surface area contributed by atoms with Crippen molar-refractivity contribution in [2.45, 2.75) is 38.2 Å². The third-order valence-corrected chi connectivity index (χ3v) is 6.91. The molecule has 1 aliphatic carbocycles. The Balaban J connectivity index is 1.30. The highest BCUT2D eigenvalue weighted by Crippen LogP contribution is 2.48. The Morgan fingerprint density at radius 1 is 1.03 bits per heavy atom. The Morgan fingerprint density at radius 2 is 1.62 bits per heavy atom. The Bertz CT molecular complexity index is 1420. The van der Waals surface area contributed by atoms with Crippen LogP contribution in [0.25, 0.3) is 22.5 Å². The number of anilines is 1. The lowest BCUT2D eigenvalue weighted by molar-refractivity contribution is 0.121. The number of nitrogens with zero attached hydrogens (tertiary/aromatic N) is 2. The van der Waals surface area contributed by atoms with Crippen molar-refractivity contribution in [2.24, 2.45) is 10.9 Å². The topological polar surface area (TPSA) is 123 Å². The van der Waals surface area contributed by atoms with Crippen molar-refractivity contribution >= 4 is 17.6 Å². The summed E-state index contributed by atoms with van der Waals surface area (Å²) in [7, 11) is 0. The number of nitrogens with two attached hydrogens (primary N) is 1. The summed E-state index contributed by atoms with van der Waals surface area (Å²) in [6.07, 6.45) is 0.768. The Hall–Kier alpha value is -4.59. The molecule has 1 heterocycles. The normalized spacial score (nSPS) is 15.1. The zero-order valence-corrected chi connectivity index (χ0v) is 20.6. The summed E-state index contributed by atoms with van der Waals surface area (Å²) in [4.78, 5) is 12.6. The van der Waals surface area contributed by atoms with Crippen molar-refractivity contribution < 1.29 is 19.3 Å². The van der Waals surface area contributed by atoms with Gasteiger partial charge in [-0.05, 0) is 48.9 Å². The number of amidine groups is 1. The fraction of sp³-hybridized carbons (Fsp3) is 0.207. The SMILES string of the molecule is Cc1noc(-c2ccc(-c3ccc(C4(/C(N)=N/O)CC4)cc3)cc2)c1NC(=O)O[C@H](C)c1ccccc1. The highest BCUT2D eigenvalue weighted by Gasteiger charge is 2.48. The molecule has 1 amide bonds. The number of hydrogen-bond acceptors (Lipinski definition) is 6. The number of nitrogens with one attached hydrogen (secondary N) is 1. The fourth-order valence-corrected chi connectivity index (χ4v) is 4.51. The Labute approximate surface area is 214 Å². The molecule has 37 heavy (non-hydrogen) atoms. The molecule has 1 fully saturated rings. The van der Waals surface area contributed by atoms with E-state index in [0.29, 0.717) is 17.1 Å². The lowest BCUT2D eigenvalue weighted by atomic mass is 9.92. The van der Waals surface area contributed by atoms with Crippen molar-refractivity contribution in [1.82, 2.24) is 5.16 Å². The predicted octanol–water partition coefficient (Wildman–Crippen LogP) is 6.40. The van der Waals surface area contributed by atoms with Gasteiger partial charge in [0, 0.05) is 5.56 Å². The lowest BCUT2D eigenvalue weighted by Gasteiger charge is -2.14. The average molecular weight is 497 g/mol. The van der Waals surface area contributed by atoms with Gasteiger partial charge >= 0.3 is 6.09 Å². The average Bonchev–Trinajstić information content (AvgIpc) is 3.67. The number of aromatic nitrogens is 1. The van der Waals surface area contributed by atoms with Gasteiger partial charge in [-0.15, -0.1) is 0 Å². The third kappa shape index (κ3) is 4.78. The molecule has 8 heteroatoms. The maximum atomic E-state index is 12.6. The van der Waals surface area contributed by atoms with Crippen molar-refractivity contribution in [2.75, 3.05) is 5.32 Å². The van der Waals surface area contributed by atoms with Crippen molar-refractivity contribution in [3.63, 3.8) is 0 Å². The monoisotopic (exact) mass is 496 g/mol. The smallest absolute Gasteiger partial charge is 0.412 e. The van der Waals surface area contributed by atoms with Gasteiger partial charge in [-0.3, -0.25) is 5.32 Å². The Kier molecular flexibility index (Phi) is 6.40. The second-order valence-corrected chi connectivity index (χ2v) is 9.28. The molecule has 0 saturated heterocycles. The molecule has 4 aromatic rings. The van der Waals surface area contributed by atoms with Crippen LogP contribution in [0.3, 0.4) is 0 Å². The zero-order chi connectivity index (χ0) is 26.0. The van der Waals surface area contributed by atoms with Crippen LogP contribution in [0.2, 0.25) is 0 Å². The first kappa shape index (κ1) is 24.1. The molecular formula is C29H28N4O4. The van der Waals surface area contributed by atoms with E-state index >= 15 is 0 Å². The minimum atomic E-state index is -0.582. The van der Waals surface area contributed by atoms with Crippen LogP contribution >= 0.6 is 0 Å². The second-order valence-electron chi connectivity index (χ2n) is 9.28. The number of carbonyl (C=O) groups is 1. The first-order valence-corrected chi connectivity index (χ1v) is 12.1. The number of carbonyl (C=O) groups excluding carboxylic acids is 1. The summed E-state index contributed by atoms with van der Waals surface area (Å²) >= 11 is 0. The molecule has 4 N–H and O–H groups in total. The van der Waals surface area contributed by atoms with E-state index in [1.54, 1.807) is 6.92 Å². The van der Waals surface area contributed by atoms with Crippen LogP contribution in [-0.2, 0) is 10.2 Å². The third-order valence-electron chi connectivity index (χ3n) is 6.91. The number of oxime groups is 1. The minimum absolute atomic E-state index is 0.259. The standard InChI is InChI=1S/C29H28N4O4/c1-18-25(31-28(34)36-19(2)20-6-4-3-5-7-20)26(37-33-18)23-10-8-21(9-11-23)22-12-14-24(15-13-22)29(16-17-29)27(30)32-35/h3-15,19,35H,16-17H2,1-2H3,(H2,30,32)(H,31,34)/t19-/m1/s1. The number of rotatable bonds is 7. The molecule has 1 atom stereocenters. The molecule has 1 aliphatic rings. The number of benzene rings is 3. The van der Waals surface area contributed by atoms with Gasteiger partial charge < -0.3 is 20.2 Å². The molecule has 188 valence electrons. The van der Waals surface area contributed by atoms with Gasteiger partial charge in [0.25, 0.3) is 0 Å². The molecule has 0 bridgehead atoms. The van der Waals surface area contributed by atoms with Crippen LogP contribution in [0.4, 0.5) is 10.5 Å². The van der Waals surface area contributed by atoms with Gasteiger partial charge in [-0.2, -0.15) is 0 Å². The molecular weight excluding hydrogens is 468 g/mol. The van der Waals surface area contributed by atoms with Crippen molar-refractivity contribution in [3.8, 4) is 22.5 Å². The quantitative estimate of drug-likeness (QED) is 0.118. The molecule has 0 unspecified atom stereocenters. The van der Waals surface area contributed by atoms with Gasteiger partial charge in [0.15, 0.2) is 5.76 Å². The first-order valence-electron chi connectivity index (χ1n) is 12.1. The summed E-state index contributed by atoms with van der Waals surface area (Å²) in [5.74, 6) is 0.716. The summed E-state index contributed by atoms with van der Waals surface area (Å²) in [6, 6.07) is 25.5. The van der Waals surface area contributed by atoms with E-state index in [9.17, 15) is 4.79 Å². The van der Waals surface area contributed by atoms with E-state index in [1.165, 1.54) is 0 Å². The van der Waals surface area contributed by atoms with E-state index in [4.69, 9.17) is 20.2 Å². The van der Waals surface area contributed by atoms with Gasteiger partial charge in [0.1, 0.15) is 23.3 Å². The van der Waals surface area contributed by atoms with Crippen LogP contribution in [0.5, 0.6) is 0 Å². The number of hydrogen-bond donors (Lipinski definition) is 3. The minimum Gasteiger partial charge on any atom is -0.441 e. The molecule has 5 rings (SSSR count). The molecule has 0 aliphatic heterocycles. The summed E-state index contributed by atoms with van der Waals surface area (Å²) in [5, 5.41) is 19.1. The van der Waals surface area contributed by atoms with E-state index < -0.39 is 12.2 Å². The van der Waals surface area contributed by atoms with Crippen LogP contribution in [-0.4, -0.2) is 22.3 Å². The molecule has 1 aromatic heterocycles. The molecule has 1 saturated carbocycles. The highest BCUT2D eigenvalue weighted by molar-refractivity contribution is 5.94. The molecule has 0 radical (unpaired) electrons. The van der Waals surface area contributed by atoms with Crippen LogP contribution in [0.1, 0.15) is 42.7 Å². The van der Waals surface area contributed by atoms with Crippen molar-refractivity contribution in [1.29, 1.82) is 0 Å². The molecule has 8 nitrogen and oxygen atoms in total. The predicted molar refractivity (Wildman–Crippen MR) is 141 cm³/mol. The van der Waals surface area contributed by atoms with Gasteiger partial charge in [0.2, 0.25) is 0 Å². The van der Waals surface area contributed by atoms with Crippen LogP contribution in [0, 0.1) is 6.92 Å². The van der Waals surface area contributed by atoms with E-state index in [0.717, 1.165) is 40.7 Å². The van der Waals surface area contributed by atoms with Crippen molar-refractivity contribution in [3.05, 3.63) is 95.7 Å². The van der Waals surface area contributed by atoms with E-state index in [2.05, 4.69) is 15.6 Å². The largest absolute Gasteiger partial charge is 0.441 e. The van der Waals surface area contributed by atoms with E-state index in [1.807, 2.05) is 85.8 Å². The number of amides is 1. The summed E-state index contributed by atoms with van der Waals surface area (Å²) in [6.45, 7) is 3.58. The van der Waals surface area contributed by atoms with E-state index in [-0.39, 0.29) is 11.3 Å². The Morgan fingerprint density at radius 3 is 2.22 bits per heavy atom. The maximum Gasteiger partial charge on any atom is 0.412 e. The second kappa shape index (κ2) is 9.81. The van der Waals surface area contributed by atoms with Gasteiger partial charge in [0.05, 0.1) is 5.41 Å². The van der Waals surface area contributed by atoms with Gasteiger partial charge in [-0.1, -0.05) is 89.2 Å².